The van der Waals surface area contributed by atoms with Gasteiger partial charge in [0.1, 0.15) is 5.60 Å². The van der Waals surface area contributed by atoms with E-state index in [0.29, 0.717) is 6.54 Å². The predicted molar refractivity (Wildman–Crippen MR) is 94.6 cm³/mol. The van der Waals surface area contributed by atoms with Gasteiger partial charge in [-0.2, -0.15) is 0 Å². The van der Waals surface area contributed by atoms with E-state index < -0.39 is 11.6 Å². The van der Waals surface area contributed by atoms with Crippen LogP contribution in [0.3, 0.4) is 0 Å². The van der Waals surface area contributed by atoms with Gasteiger partial charge in [0, 0.05) is 11.2 Å². The molecule has 6 nitrogen and oxygen atoms in total. The molecule has 1 saturated carbocycles. The number of rotatable bonds is 4. The van der Waals surface area contributed by atoms with Crippen LogP contribution in [0.5, 0.6) is 0 Å². The molecule has 0 unspecified atom stereocenters. The molecule has 25 heavy (non-hydrogen) atoms. The van der Waals surface area contributed by atoms with Crippen LogP contribution < -0.4 is 0 Å². The maximum atomic E-state index is 12.0. The largest absolute Gasteiger partial charge is 0.455 e. The standard InChI is InChI=1S/C19H22N4O2/c1-19(2,3)25-18(24)17-11-23(22-21-17)10-15-9-14-8-13(12-4-5-12)6-7-16(14)20-15/h6-9,11-12,20H,4-5,10H2,1-3H3. The number of hydrogen-bond donors (Lipinski definition) is 1. The number of carbonyl (C=O) groups is 1. The van der Waals surface area contributed by atoms with Crippen LogP contribution in [-0.2, 0) is 11.3 Å². The zero-order valence-corrected chi connectivity index (χ0v) is 14.7. The molecule has 4 rings (SSSR count). The highest BCUT2D eigenvalue weighted by Gasteiger charge is 2.23. The topological polar surface area (TPSA) is 72.8 Å². The molecule has 0 aliphatic heterocycles. The lowest BCUT2D eigenvalue weighted by atomic mass is 10.1. The minimum Gasteiger partial charge on any atom is -0.455 e. The molecule has 1 aromatic carbocycles. The molecule has 0 atom stereocenters. The van der Waals surface area contributed by atoms with E-state index in [1.54, 1.807) is 10.9 Å². The maximum Gasteiger partial charge on any atom is 0.361 e. The minimum atomic E-state index is -0.544. The average Bonchev–Trinajstić information content (AvgIpc) is 3.13. The van der Waals surface area contributed by atoms with Crippen LogP contribution >= 0.6 is 0 Å². The number of nitrogens with zero attached hydrogens (tertiary/aromatic N) is 3. The van der Waals surface area contributed by atoms with Crippen LogP contribution in [0.25, 0.3) is 10.9 Å². The van der Waals surface area contributed by atoms with Gasteiger partial charge in [-0.1, -0.05) is 11.3 Å². The van der Waals surface area contributed by atoms with Gasteiger partial charge in [-0.05, 0) is 68.7 Å². The van der Waals surface area contributed by atoms with E-state index >= 15 is 0 Å². The monoisotopic (exact) mass is 338 g/mol. The number of hydrogen-bond acceptors (Lipinski definition) is 4. The molecule has 6 heteroatoms. The van der Waals surface area contributed by atoms with Crippen molar-refractivity contribution in [1.29, 1.82) is 0 Å². The Morgan fingerprint density at radius 3 is 2.84 bits per heavy atom. The van der Waals surface area contributed by atoms with Crippen LogP contribution in [0.15, 0.2) is 30.5 Å². The van der Waals surface area contributed by atoms with Gasteiger partial charge >= 0.3 is 5.97 Å². The Hall–Kier alpha value is -2.63. The van der Waals surface area contributed by atoms with Gasteiger partial charge in [0.25, 0.3) is 0 Å². The Kier molecular flexibility index (Phi) is 3.63. The first-order valence-corrected chi connectivity index (χ1v) is 8.62. The van der Waals surface area contributed by atoms with Crippen molar-refractivity contribution in [2.75, 3.05) is 0 Å². The van der Waals surface area contributed by atoms with E-state index in [1.165, 1.54) is 23.8 Å². The lowest BCUT2D eigenvalue weighted by Gasteiger charge is -2.18. The highest BCUT2D eigenvalue weighted by atomic mass is 16.6. The lowest BCUT2D eigenvalue weighted by molar-refractivity contribution is 0.00627. The quantitative estimate of drug-likeness (QED) is 0.737. The second-order valence-corrected chi connectivity index (χ2v) is 7.72. The number of esters is 1. The number of carbonyl (C=O) groups excluding carboxylic acids is 1. The van der Waals surface area contributed by atoms with Crippen LogP contribution in [0.1, 0.15) is 61.3 Å². The van der Waals surface area contributed by atoms with Gasteiger partial charge < -0.3 is 9.72 Å². The molecule has 1 aliphatic carbocycles. The molecule has 2 aromatic heterocycles. The Bertz CT molecular complexity index is 928. The van der Waals surface area contributed by atoms with Crippen LogP contribution in [0.2, 0.25) is 0 Å². The number of ether oxygens (including phenoxy) is 1. The molecule has 0 bridgehead atoms. The summed E-state index contributed by atoms with van der Waals surface area (Å²) < 4.78 is 6.96. The number of fused-ring (bicyclic) bond motifs is 1. The van der Waals surface area contributed by atoms with E-state index in [2.05, 4.69) is 39.6 Å². The number of nitrogens with one attached hydrogen (secondary N) is 1. The summed E-state index contributed by atoms with van der Waals surface area (Å²) in [5, 5.41) is 9.17. The first-order chi connectivity index (χ1) is 11.9. The smallest absolute Gasteiger partial charge is 0.361 e. The first-order valence-electron chi connectivity index (χ1n) is 8.62. The number of H-pyrrole nitrogens is 1. The third kappa shape index (κ3) is 3.57. The summed E-state index contributed by atoms with van der Waals surface area (Å²) in [7, 11) is 0. The van der Waals surface area contributed by atoms with Gasteiger partial charge in [0.15, 0.2) is 5.69 Å². The first kappa shape index (κ1) is 15.9. The fraction of sp³-hybridized carbons (Fsp3) is 0.421. The Balaban J connectivity index is 1.50. The summed E-state index contributed by atoms with van der Waals surface area (Å²) in [4.78, 5) is 15.4. The van der Waals surface area contributed by atoms with Gasteiger partial charge in [-0.15, -0.1) is 5.10 Å². The summed E-state index contributed by atoms with van der Waals surface area (Å²) in [5.74, 6) is 0.291. The Morgan fingerprint density at radius 1 is 1.32 bits per heavy atom. The highest BCUT2D eigenvalue weighted by molar-refractivity contribution is 5.87. The predicted octanol–water partition coefficient (Wildman–Crippen LogP) is 3.64. The van der Waals surface area contributed by atoms with Crippen molar-refractivity contribution in [3.63, 3.8) is 0 Å². The van der Waals surface area contributed by atoms with Crippen molar-refractivity contribution in [2.45, 2.75) is 51.7 Å². The second kappa shape index (κ2) is 5.72. The molecule has 130 valence electrons. The lowest BCUT2D eigenvalue weighted by Crippen LogP contribution is -2.24. The van der Waals surface area contributed by atoms with E-state index in [9.17, 15) is 4.79 Å². The molecule has 1 fully saturated rings. The van der Waals surface area contributed by atoms with E-state index in [1.807, 2.05) is 20.8 Å². The van der Waals surface area contributed by atoms with E-state index in [-0.39, 0.29) is 5.69 Å². The van der Waals surface area contributed by atoms with Gasteiger partial charge in [0.2, 0.25) is 0 Å². The number of aromatic amines is 1. The fourth-order valence-corrected chi connectivity index (χ4v) is 2.94. The Morgan fingerprint density at radius 2 is 2.12 bits per heavy atom. The molecule has 0 saturated heterocycles. The average molecular weight is 338 g/mol. The maximum absolute atomic E-state index is 12.0. The SMILES string of the molecule is CC(C)(C)OC(=O)c1cn(Cc2cc3cc(C4CC4)ccc3[nH]2)nn1. The second-order valence-electron chi connectivity index (χ2n) is 7.72. The summed E-state index contributed by atoms with van der Waals surface area (Å²) in [6.45, 7) is 6.02. The van der Waals surface area contributed by atoms with Gasteiger partial charge in [-0.25, -0.2) is 9.48 Å². The van der Waals surface area contributed by atoms with E-state index in [0.717, 1.165) is 17.1 Å². The molecular weight excluding hydrogens is 316 g/mol. The van der Waals surface area contributed by atoms with Crippen LogP contribution in [0.4, 0.5) is 0 Å². The Labute approximate surface area is 146 Å². The molecule has 1 aliphatic rings. The highest BCUT2D eigenvalue weighted by Crippen LogP contribution is 2.40. The van der Waals surface area contributed by atoms with Gasteiger partial charge in [-0.3, -0.25) is 0 Å². The third-order valence-corrected chi connectivity index (χ3v) is 4.23. The van der Waals surface area contributed by atoms with Crippen LogP contribution in [-0.4, -0.2) is 31.5 Å². The normalized spacial score (nSPS) is 14.8. The summed E-state index contributed by atoms with van der Waals surface area (Å²) in [6.07, 6.45) is 4.22. The van der Waals surface area contributed by atoms with Crippen molar-refractivity contribution in [3.8, 4) is 0 Å². The summed E-state index contributed by atoms with van der Waals surface area (Å²) in [5.41, 5.74) is 3.25. The number of aromatic nitrogens is 4. The number of benzene rings is 1. The van der Waals surface area contributed by atoms with Crippen molar-refractivity contribution in [3.05, 3.63) is 47.4 Å². The molecular formula is C19H22N4O2. The van der Waals surface area contributed by atoms with Gasteiger partial charge in [0.05, 0.1) is 12.7 Å². The molecule has 2 heterocycles. The third-order valence-electron chi connectivity index (χ3n) is 4.23. The van der Waals surface area contributed by atoms with Crippen molar-refractivity contribution >= 4 is 16.9 Å². The van der Waals surface area contributed by atoms with Crippen molar-refractivity contribution in [2.24, 2.45) is 0 Å². The van der Waals surface area contributed by atoms with Crippen LogP contribution in [0, 0.1) is 0 Å². The fourth-order valence-electron chi connectivity index (χ4n) is 2.94. The minimum absolute atomic E-state index is 0.224. The molecule has 0 radical (unpaired) electrons. The van der Waals surface area contributed by atoms with E-state index in [4.69, 9.17) is 4.74 Å². The zero-order valence-electron chi connectivity index (χ0n) is 14.7. The molecule has 1 N–H and O–H groups in total. The molecule has 3 aromatic rings. The van der Waals surface area contributed by atoms with Crippen molar-refractivity contribution < 1.29 is 9.53 Å². The molecule has 0 spiro atoms. The summed E-state index contributed by atoms with van der Waals surface area (Å²) in [6, 6.07) is 8.74. The summed E-state index contributed by atoms with van der Waals surface area (Å²) >= 11 is 0. The molecule has 0 amide bonds. The van der Waals surface area contributed by atoms with Crippen molar-refractivity contribution in [1.82, 2.24) is 20.0 Å². The zero-order chi connectivity index (χ0) is 17.6.